The van der Waals surface area contributed by atoms with Gasteiger partial charge in [-0.25, -0.2) is 9.78 Å². The Morgan fingerprint density at radius 1 is 1.24 bits per heavy atom. The zero-order valence-corrected chi connectivity index (χ0v) is 11.9. The Bertz CT molecular complexity index is 782. The molecule has 0 N–H and O–H groups in total. The first kappa shape index (κ1) is 13.6. The van der Waals surface area contributed by atoms with Crippen molar-refractivity contribution in [3.05, 3.63) is 58.1 Å². The first-order valence-electron chi connectivity index (χ1n) is 6.58. The molecule has 2 aromatic rings. The molecule has 6 heteroatoms. The molecule has 1 aliphatic rings. The van der Waals surface area contributed by atoms with Crippen molar-refractivity contribution in [2.45, 2.75) is 19.3 Å². The molecular weight excluding hydrogens is 288 g/mol. The van der Waals surface area contributed by atoms with Crippen LogP contribution in [0.5, 0.6) is 0 Å². The number of aromatic nitrogens is 2. The summed E-state index contributed by atoms with van der Waals surface area (Å²) in [5.74, 6) is -0.666. The maximum atomic E-state index is 12.1. The van der Waals surface area contributed by atoms with Crippen LogP contribution in [0.15, 0.2) is 36.5 Å². The lowest BCUT2D eigenvalue weighted by Gasteiger charge is -2.14. The van der Waals surface area contributed by atoms with E-state index in [0.29, 0.717) is 16.8 Å². The molecule has 0 saturated carbocycles. The third kappa shape index (κ3) is 2.75. The lowest BCUT2D eigenvalue weighted by Crippen LogP contribution is -2.23. The van der Waals surface area contributed by atoms with Crippen molar-refractivity contribution in [2.24, 2.45) is 0 Å². The van der Waals surface area contributed by atoms with Crippen LogP contribution in [-0.2, 0) is 6.42 Å². The van der Waals surface area contributed by atoms with E-state index in [1.807, 2.05) is 0 Å². The second kappa shape index (κ2) is 5.57. The van der Waals surface area contributed by atoms with E-state index in [2.05, 4.69) is 4.98 Å². The molecule has 21 heavy (non-hydrogen) atoms. The Morgan fingerprint density at radius 2 is 2.10 bits per heavy atom. The van der Waals surface area contributed by atoms with Gasteiger partial charge in [0, 0.05) is 12.6 Å². The topological polar surface area (TPSA) is 61.2 Å². The Kier molecular flexibility index (Phi) is 3.62. The molecule has 5 nitrogen and oxygen atoms in total. The fraction of sp³-hybridized carbons (Fsp3) is 0.200. The van der Waals surface area contributed by atoms with Gasteiger partial charge in [-0.2, -0.15) is 4.73 Å². The van der Waals surface area contributed by atoms with Crippen molar-refractivity contribution in [3.8, 4) is 0 Å². The van der Waals surface area contributed by atoms with Crippen molar-refractivity contribution in [1.82, 2.24) is 9.71 Å². The molecule has 0 aromatic carbocycles. The van der Waals surface area contributed by atoms with Crippen LogP contribution in [0.25, 0.3) is 0 Å². The number of carbonyl (C=O) groups excluding carboxylic acids is 2. The number of aryl methyl sites for hydroxylation is 1. The highest BCUT2D eigenvalue weighted by Crippen LogP contribution is 2.19. The molecule has 0 bridgehead atoms. The number of pyridine rings is 2. The lowest BCUT2D eigenvalue weighted by atomic mass is 9.95. The average Bonchev–Trinajstić information content (AvgIpc) is 2.50. The molecule has 0 atom stereocenters. The molecule has 0 spiro atoms. The van der Waals surface area contributed by atoms with Gasteiger partial charge in [-0.15, -0.1) is 0 Å². The molecule has 3 rings (SSSR count). The SMILES string of the molecule is O=C(On1ccccc1=S)c1ccc2c(n1)C(=O)CCC2. The second-order valence-electron chi connectivity index (χ2n) is 4.72. The molecule has 2 aromatic heterocycles. The number of ketones is 1. The quantitative estimate of drug-likeness (QED) is 0.797. The van der Waals surface area contributed by atoms with Crippen molar-refractivity contribution >= 4 is 24.0 Å². The first-order valence-corrected chi connectivity index (χ1v) is 6.99. The van der Waals surface area contributed by atoms with Gasteiger partial charge >= 0.3 is 5.97 Å². The molecule has 0 fully saturated rings. The number of Topliss-reactive ketones (excluding diaryl/α,β-unsaturated/α-hetero) is 1. The third-order valence-corrected chi connectivity index (χ3v) is 3.59. The Hall–Kier alpha value is -2.34. The zero-order valence-electron chi connectivity index (χ0n) is 11.1. The Balaban J connectivity index is 1.89. The van der Waals surface area contributed by atoms with E-state index in [-0.39, 0.29) is 11.5 Å². The highest BCUT2D eigenvalue weighted by molar-refractivity contribution is 7.71. The van der Waals surface area contributed by atoms with Gasteiger partial charge in [0.05, 0.1) is 0 Å². The van der Waals surface area contributed by atoms with E-state index in [1.54, 1.807) is 36.5 Å². The molecule has 0 saturated heterocycles. The van der Waals surface area contributed by atoms with Crippen LogP contribution in [0, 0.1) is 4.64 Å². The van der Waals surface area contributed by atoms with E-state index in [9.17, 15) is 9.59 Å². The van der Waals surface area contributed by atoms with Gasteiger partial charge < -0.3 is 4.84 Å². The summed E-state index contributed by atoms with van der Waals surface area (Å²) < 4.78 is 1.57. The van der Waals surface area contributed by atoms with Crippen LogP contribution in [0.4, 0.5) is 0 Å². The fourth-order valence-electron chi connectivity index (χ4n) is 2.23. The number of hydrogen-bond acceptors (Lipinski definition) is 5. The molecule has 0 unspecified atom stereocenters. The summed E-state index contributed by atoms with van der Waals surface area (Å²) in [6.45, 7) is 0. The van der Waals surface area contributed by atoms with E-state index in [0.717, 1.165) is 18.4 Å². The largest absolute Gasteiger partial charge is 0.381 e. The first-order chi connectivity index (χ1) is 10.1. The Labute approximate surface area is 126 Å². The van der Waals surface area contributed by atoms with Gasteiger partial charge in [-0.1, -0.05) is 24.4 Å². The Morgan fingerprint density at radius 3 is 2.90 bits per heavy atom. The fourth-order valence-corrected chi connectivity index (χ4v) is 2.40. The summed E-state index contributed by atoms with van der Waals surface area (Å²) >= 11 is 5.05. The van der Waals surface area contributed by atoms with Crippen LogP contribution in [0.3, 0.4) is 0 Å². The number of carbonyl (C=O) groups is 2. The van der Waals surface area contributed by atoms with Crippen LogP contribution in [0.2, 0.25) is 0 Å². The molecule has 106 valence electrons. The minimum atomic E-state index is -0.640. The van der Waals surface area contributed by atoms with E-state index in [4.69, 9.17) is 17.1 Å². The second-order valence-corrected chi connectivity index (χ2v) is 5.14. The lowest BCUT2D eigenvalue weighted by molar-refractivity contribution is 0.0445. The molecule has 0 amide bonds. The van der Waals surface area contributed by atoms with Gasteiger partial charge in [0.25, 0.3) is 0 Å². The summed E-state index contributed by atoms with van der Waals surface area (Å²) in [7, 11) is 0. The standard InChI is InChI=1S/C15H12N2O3S/c18-12-5-3-4-10-7-8-11(16-14(10)12)15(19)20-17-9-2-1-6-13(17)21/h1-2,6-9H,3-5H2. The third-order valence-electron chi connectivity index (χ3n) is 3.27. The van der Waals surface area contributed by atoms with E-state index >= 15 is 0 Å². The van der Waals surface area contributed by atoms with Gasteiger partial charge in [-0.3, -0.25) is 4.79 Å². The van der Waals surface area contributed by atoms with Crippen LogP contribution in [0.1, 0.15) is 39.4 Å². The number of hydrogen-bond donors (Lipinski definition) is 0. The number of nitrogens with zero attached hydrogens (tertiary/aromatic N) is 2. The van der Waals surface area contributed by atoms with Gasteiger partial charge in [-0.05, 0) is 36.6 Å². The summed E-state index contributed by atoms with van der Waals surface area (Å²) in [6, 6.07) is 8.44. The van der Waals surface area contributed by atoms with Crippen molar-refractivity contribution < 1.29 is 14.4 Å². The van der Waals surface area contributed by atoms with Gasteiger partial charge in [0.2, 0.25) is 0 Å². The molecule has 1 aliphatic carbocycles. The van der Waals surface area contributed by atoms with Crippen molar-refractivity contribution in [3.63, 3.8) is 0 Å². The highest BCUT2D eigenvalue weighted by atomic mass is 32.1. The number of fused-ring (bicyclic) bond motifs is 1. The van der Waals surface area contributed by atoms with Gasteiger partial charge in [0.1, 0.15) is 10.3 Å². The average molecular weight is 300 g/mol. The minimum Gasteiger partial charge on any atom is -0.328 e. The zero-order chi connectivity index (χ0) is 14.8. The van der Waals surface area contributed by atoms with Crippen LogP contribution in [-0.4, -0.2) is 21.5 Å². The van der Waals surface area contributed by atoms with Crippen LogP contribution >= 0.6 is 12.2 Å². The molecule has 0 aliphatic heterocycles. The van der Waals surface area contributed by atoms with Crippen LogP contribution < -0.4 is 4.84 Å². The summed E-state index contributed by atoms with van der Waals surface area (Å²) in [5, 5.41) is 0. The maximum absolute atomic E-state index is 12.1. The van der Waals surface area contributed by atoms with Crippen molar-refractivity contribution in [2.75, 3.05) is 0 Å². The van der Waals surface area contributed by atoms with E-state index < -0.39 is 5.97 Å². The highest BCUT2D eigenvalue weighted by Gasteiger charge is 2.21. The smallest absolute Gasteiger partial charge is 0.328 e. The maximum Gasteiger partial charge on any atom is 0.381 e. The van der Waals surface area contributed by atoms with E-state index in [1.165, 1.54) is 4.73 Å². The molecule has 0 radical (unpaired) electrons. The van der Waals surface area contributed by atoms with Crippen molar-refractivity contribution in [1.29, 1.82) is 0 Å². The summed E-state index contributed by atoms with van der Waals surface area (Å²) in [6.07, 6.45) is 3.66. The molecular formula is C15H12N2O3S. The monoisotopic (exact) mass is 300 g/mol. The van der Waals surface area contributed by atoms with Gasteiger partial charge in [0.15, 0.2) is 11.5 Å². The summed E-state index contributed by atoms with van der Waals surface area (Å²) in [5.41, 5.74) is 1.38. The number of rotatable bonds is 2. The predicted molar refractivity (Wildman–Crippen MR) is 77.7 cm³/mol. The summed E-state index contributed by atoms with van der Waals surface area (Å²) in [4.78, 5) is 33.2. The minimum absolute atomic E-state index is 0.0257. The predicted octanol–water partition coefficient (Wildman–Crippen LogP) is 2.40. The normalized spacial score (nSPS) is 13.6. The molecule has 2 heterocycles.